The summed E-state index contributed by atoms with van der Waals surface area (Å²) < 4.78 is 0. The van der Waals surface area contributed by atoms with Crippen molar-refractivity contribution in [3.05, 3.63) is 50.9 Å². The first kappa shape index (κ1) is 16.1. The van der Waals surface area contributed by atoms with Crippen molar-refractivity contribution in [1.29, 1.82) is 0 Å². The molecule has 2 N–H and O–H groups in total. The lowest BCUT2D eigenvalue weighted by Crippen LogP contribution is -2.21. The van der Waals surface area contributed by atoms with Crippen LogP contribution in [-0.2, 0) is 6.54 Å². The van der Waals surface area contributed by atoms with Gasteiger partial charge in [0.1, 0.15) is 0 Å². The predicted octanol–water partition coefficient (Wildman–Crippen LogP) is 3.38. The van der Waals surface area contributed by atoms with E-state index in [0.29, 0.717) is 21.9 Å². The Kier molecular flexibility index (Phi) is 5.45. The number of halogens is 1. The van der Waals surface area contributed by atoms with Gasteiger partial charge >= 0.3 is 0 Å². The summed E-state index contributed by atoms with van der Waals surface area (Å²) in [7, 11) is 0. The molecule has 2 rings (SSSR count). The molecule has 0 aliphatic heterocycles. The molecule has 1 aromatic heterocycles. The average molecular weight is 324 g/mol. The number of hydrogen-bond acceptors (Lipinski definition) is 4. The van der Waals surface area contributed by atoms with Gasteiger partial charge in [0.25, 0.3) is 5.56 Å². The number of H-pyrrole nitrogens is 1. The molecule has 1 heterocycles. The van der Waals surface area contributed by atoms with E-state index >= 15 is 0 Å². The van der Waals surface area contributed by atoms with Crippen LogP contribution in [-0.4, -0.2) is 16.0 Å². The molecule has 21 heavy (non-hydrogen) atoms. The van der Waals surface area contributed by atoms with E-state index in [1.807, 2.05) is 18.2 Å². The molecule has 0 spiro atoms. The molecule has 0 saturated heterocycles. The lowest BCUT2D eigenvalue weighted by atomic mass is 10.2. The van der Waals surface area contributed by atoms with Gasteiger partial charge in [-0.2, -0.15) is 0 Å². The Labute approximate surface area is 133 Å². The molecule has 0 radical (unpaired) electrons. The third-order valence-corrected chi connectivity index (χ3v) is 4.15. The Morgan fingerprint density at radius 1 is 1.38 bits per heavy atom. The zero-order chi connectivity index (χ0) is 15.4. The summed E-state index contributed by atoms with van der Waals surface area (Å²) in [5.74, 6) is 0. The van der Waals surface area contributed by atoms with Gasteiger partial charge in [0.05, 0.1) is 5.02 Å². The number of nitrogens with one attached hydrogen (secondary N) is 2. The zero-order valence-electron chi connectivity index (χ0n) is 12.2. The number of rotatable bonds is 5. The highest BCUT2D eigenvalue weighted by Crippen LogP contribution is 2.31. The monoisotopic (exact) mass is 323 g/mol. The lowest BCUT2D eigenvalue weighted by Gasteiger charge is -2.10. The van der Waals surface area contributed by atoms with E-state index < -0.39 is 0 Å². The molecule has 4 nitrogen and oxygen atoms in total. The quantitative estimate of drug-likeness (QED) is 0.828. The minimum Gasteiger partial charge on any atom is -0.310 e. The molecule has 6 heteroatoms. The highest BCUT2D eigenvalue weighted by Gasteiger charge is 2.07. The van der Waals surface area contributed by atoms with Crippen LogP contribution in [0, 0.1) is 6.92 Å². The van der Waals surface area contributed by atoms with Crippen LogP contribution in [0.1, 0.15) is 25.1 Å². The summed E-state index contributed by atoms with van der Waals surface area (Å²) in [5.41, 5.74) is 1.66. The fourth-order valence-electron chi connectivity index (χ4n) is 1.76. The number of aromatic amines is 1. The third kappa shape index (κ3) is 4.88. The van der Waals surface area contributed by atoms with Crippen LogP contribution in [0.5, 0.6) is 0 Å². The van der Waals surface area contributed by atoms with Crippen molar-refractivity contribution in [3.63, 3.8) is 0 Å². The first-order valence-corrected chi connectivity index (χ1v) is 7.91. The topological polar surface area (TPSA) is 57.8 Å². The number of aryl methyl sites for hydroxylation is 1. The van der Waals surface area contributed by atoms with E-state index in [-0.39, 0.29) is 5.56 Å². The van der Waals surface area contributed by atoms with Crippen molar-refractivity contribution < 1.29 is 0 Å². The standard InChI is InChI=1S/C15H18ClN3OS/c1-9(2)17-8-11-4-5-13(12(16)7-11)21-15-18-10(3)6-14(20)19-15/h4-7,9,17H,8H2,1-3H3,(H,18,19,20). The molecule has 0 saturated carbocycles. The molecule has 2 aromatic rings. The van der Waals surface area contributed by atoms with Gasteiger partial charge in [-0.15, -0.1) is 0 Å². The minimum absolute atomic E-state index is 0.154. The van der Waals surface area contributed by atoms with Crippen LogP contribution in [0.25, 0.3) is 0 Å². The van der Waals surface area contributed by atoms with E-state index in [9.17, 15) is 4.79 Å². The Hall–Kier alpha value is -1.30. The Bertz CT molecular complexity index is 685. The summed E-state index contributed by atoms with van der Waals surface area (Å²) in [4.78, 5) is 19.3. The van der Waals surface area contributed by atoms with Crippen LogP contribution in [0.3, 0.4) is 0 Å². The smallest absolute Gasteiger partial charge is 0.251 e. The Morgan fingerprint density at radius 2 is 2.14 bits per heavy atom. The lowest BCUT2D eigenvalue weighted by molar-refractivity contribution is 0.588. The number of hydrogen-bond donors (Lipinski definition) is 2. The summed E-state index contributed by atoms with van der Waals surface area (Å²) >= 11 is 7.66. The zero-order valence-corrected chi connectivity index (χ0v) is 13.8. The van der Waals surface area contributed by atoms with Crippen LogP contribution in [0.4, 0.5) is 0 Å². The van der Waals surface area contributed by atoms with E-state index in [1.54, 1.807) is 6.92 Å². The van der Waals surface area contributed by atoms with Gasteiger partial charge in [-0.05, 0) is 24.6 Å². The van der Waals surface area contributed by atoms with Crippen LogP contribution >= 0.6 is 23.4 Å². The summed E-state index contributed by atoms with van der Waals surface area (Å²) in [5, 5.41) is 4.56. The van der Waals surface area contributed by atoms with Gasteiger partial charge in [0.15, 0.2) is 5.16 Å². The molecule has 0 amide bonds. The maximum atomic E-state index is 11.4. The Balaban J connectivity index is 2.15. The van der Waals surface area contributed by atoms with Gasteiger partial charge < -0.3 is 10.3 Å². The molecule has 1 aromatic carbocycles. The van der Waals surface area contributed by atoms with Gasteiger partial charge in [-0.3, -0.25) is 4.79 Å². The van der Waals surface area contributed by atoms with E-state index in [0.717, 1.165) is 17.0 Å². The normalized spacial score (nSPS) is 11.1. The second kappa shape index (κ2) is 7.11. The van der Waals surface area contributed by atoms with Crippen LogP contribution in [0.2, 0.25) is 5.02 Å². The maximum Gasteiger partial charge on any atom is 0.251 e. The number of aromatic nitrogens is 2. The van der Waals surface area contributed by atoms with Crippen molar-refractivity contribution in [2.75, 3.05) is 0 Å². The average Bonchev–Trinajstić information content (AvgIpc) is 2.38. The fraction of sp³-hybridized carbons (Fsp3) is 0.333. The largest absolute Gasteiger partial charge is 0.310 e. The van der Waals surface area contributed by atoms with Crippen molar-refractivity contribution in [3.8, 4) is 0 Å². The highest BCUT2D eigenvalue weighted by molar-refractivity contribution is 7.99. The van der Waals surface area contributed by atoms with Gasteiger partial charge in [0.2, 0.25) is 0 Å². The second-order valence-corrected chi connectivity index (χ2v) is 6.53. The molecule has 0 aliphatic carbocycles. The van der Waals surface area contributed by atoms with E-state index in [2.05, 4.69) is 29.1 Å². The molecule has 0 atom stereocenters. The van der Waals surface area contributed by atoms with Gasteiger partial charge in [-0.1, -0.05) is 43.3 Å². The molecule has 0 unspecified atom stereocenters. The number of nitrogens with zero attached hydrogens (tertiary/aromatic N) is 1. The summed E-state index contributed by atoms with van der Waals surface area (Å²) in [6, 6.07) is 7.81. The van der Waals surface area contributed by atoms with Gasteiger partial charge in [0, 0.05) is 29.2 Å². The molecular formula is C15H18ClN3OS. The SMILES string of the molecule is Cc1cc(=O)[nH]c(Sc2ccc(CNC(C)C)cc2Cl)n1. The van der Waals surface area contributed by atoms with E-state index in [4.69, 9.17) is 11.6 Å². The first-order valence-electron chi connectivity index (χ1n) is 6.71. The molecular weight excluding hydrogens is 306 g/mol. The highest BCUT2D eigenvalue weighted by atomic mass is 35.5. The summed E-state index contributed by atoms with van der Waals surface area (Å²) in [6.45, 7) is 6.78. The molecule has 0 fully saturated rings. The van der Waals surface area contributed by atoms with Crippen molar-refractivity contribution >= 4 is 23.4 Å². The van der Waals surface area contributed by atoms with Crippen molar-refractivity contribution in [2.45, 2.75) is 43.4 Å². The van der Waals surface area contributed by atoms with E-state index in [1.165, 1.54) is 17.8 Å². The number of benzene rings is 1. The molecule has 0 aliphatic rings. The third-order valence-electron chi connectivity index (χ3n) is 2.77. The fourth-order valence-corrected chi connectivity index (χ4v) is 2.92. The molecule has 112 valence electrons. The van der Waals surface area contributed by atoms with Crippen LogP contribution in [0.15, 0.2) is 39.1 Å². The van der Waals surface area contributed by atoms with Crippen LogP contribution < -0.4 is 10.9 Å². The summed E-state index contributed by atoms with van der Waals surface area (Å²) in [6.07, 6.45) is 0. The minimum atomic E-state index is -0.154. The predicted molar refractivity (Wildman–Crippen MR) is 87.1 cm³/mol. The second-order valence-electron chi connectivity index (χ2n) is 5.09. The van der Waals surface area contributed by atoms with Gasteiger partial charge in [-0.25, -0.2) is 4.98 Å². The van der Waals surface area contributed by atoms with Crippen molar-refractivity contribution in [1.82, 2.24) is 15.3 Å². The molecule has 0 bridgehead atoms. The first-order chi connectivity index (χ1) is 9.94. The Morgan fingerprint density at radius 3 is 2.76 bits per heavy atom. The maximum absolute atomic E-state index is 11.4. The van der Waals surface area contributed by atoms with Crippen molar-refractivity contribution in [2.24, 2.45) is 0 Å².